The van der Waals surface area contributed by atoms with Crippen molar-refractivity contribution in [2.75, 3.05) is 17.3 Å². The molecule has 4 unspecified atom stereocenters. The second-order valence-electron chi connectivity index (χ2n) is 7.74. The molecule has 3 amide bonds. The molecule has 2 fully saturated rings. The molecule has 1 aliphatic heterocycles. The summed E-state index contributed by atoms with van der Waals surface area (Å²) in [7, 11) is 1.57. The van der Waals surface area contributed by atoms with Crippen LogP contribution in [-0.4, -0.2) is 24.8 Å². The van der Waals surface area contributed by atoms with Crippen molar-refractivity contribution in [3.05, 3.63) is 66.2 Å². The number of hydrogen-bond donors (Lipinski definition) is 1. The van der Waals surface area contributed by atoms with Crippen LogP contribution in [-0.2, 0) is 9.59 Å². The van der Waals surface area contributed by atoms with Gasteiger partial charge in [0.05, 0.1) is 24.6 Å². The number of hydrogen-bond acceptors (Lipinski definition) is 4. The summed E-state index contributed by atoms with van der Waals surface area (Å²) < 4.78 is 5.16. The summed E-state index contributed by atoms with van der Waals surface area (Å²) in [6, 6.07) is 13.7. The average Bonchev–Trinajstić information content (AvgIpc) is 3.42. The van der Waals surface area contributed by atoms with Crippen LogP contribution in [0.1, 0.15) is 16.8 Å². The van der Waals surface area contributed by atoms with E-state index in [9.17, 15) is 14.4 Å². The first kappa shape index (κ1) is 17.7. The molecule has 4 atom stereocenters. The molecule has 6 nitrogen and oxygen atoms in total. The van der Waals surface area contributed by atoms with Gasteiger partial charge in [0.15, 0.2) is 0 Å². The Balaban J connectivity index is 1.33. The minimum Gasteiger partial charge on any atom is -0.497 e. The lowest BCUT2D eigenvalue weighted by Crippen LogP contribution is -2.32. The van der Waals surface area contributed by atoms with Gasteiger partial charge in [-0.05, 0) is 54.7 Å². The Labute approximate surface area is 168 Å². The third-order valence-corrected chi connectivity index (χ3v) is 6.19. The van der Waals surface area contributed by atoms with E-state index in [0.717, 1.165) is 6.42 Å². The predicted molar refractivity (Wildman–Crippen MR) is 108 cm³/mol. The molecule has 0 aromatic heterocycles. The number of imide groups is 1. The molecule has 2 bridgehead atoms. The van der Waals surface area contributed by atoms with Crippen LogP contribution in [0.25, 0.3) is 0 Å². The highest BCUT2D eigenvalue weighted by atomic mass is 16.5. The Morgan fingerprint density at radius 3 is 2.28 bits per heavy atom. The van der Waals surface area contributed by atoms with Gasteiger partial charge in [-0.25, -0.2) is 0 Å². The van der Waals surface area contributed by atoms with Crippen LogP contribution in [0.4, 0.5) is 11.4 Å². The van der Waals surface area contributed by atoms with Gasteiger partial charge in [-0.15, -0.1) is 0 Å². The number of allylic oxidation sites excluding steroid dienone is 2. The van der Waals surface area contributed by atoms with Gasteiger partial charge in [0.25, 0.3) is 5.91 Å². The molecule has 6 heteroatoms. The molecule has 29 heavy (non-hydrogen) atoms. The molecule has 1 heterocycles. The first-order valence-corrected chi connectivity index (χ1v) is 9.68. The molecule has 1 N–H and O–H groups in total. The smallest absolute Gasteiger partial charge is 0.255 e. The maximum absolute atomic E-state index is 12.9. The lowest BCUT2D eigenvalue weighted by atomic mass is 9.85. The van der Waals surface area contributed by atoms with E-state index >= 15 is 0 Å². The van der Waals surface area contributed by atoms with Crippen molar-refractivity contribution in [3.63, 3.8) is 0 Å². The second kappa shape index (κ2) is 6.58. The lowest BCUT2D eigenvalue weighted by molar-refractivity contribution is -0.123. The monoisotopic (exact) mass is 388 g/mol. The van der Waals surface area contributed by atoms with Crippen LogP contribution in [0.15, 0.2) is 60.7 Å². The second-order valence-corrected chi connectivity index (χ2v) is 7.74. The van der Waals surface area contributed by atoms with E-state index in [1.807, 2.05) is 0 Å². The molecule has 2 aromatic carbocycles. The summed E-state index contributed by atoms with van der Waals surface area (Å²) in [4.78, 5) is 39.6. The fraction of sp³-hybridized carbons (Fsp3) is 0.261. The van der Waals surface area contributed by atoms with E-state index in [0.29, 0.717) is 22.7 Å². The van der Waals surface area contributed by atoms with E-state index in [1.165, 1.54) is 4.90 Å². The van der Waals surface area contributed by atoms with Gasteiger partial charge >= 0.3 is 0 Å². The maximum Gasteiger partial charge on any atom is 0.255 e. The van der Waals surface area contributed by atoms with Crippen LogP contribution in [0.5, 0.6) is 5.75 Å². The van der Waals surface area contributed by atoms with Gasteiger partial charge in [0, 0.05) is 17.3 Å². The Bertz CT molecular complexity index is 1010. The van der Waals surface area contributed by atoms with Crippen molar-refractivity contribution in [1.29, 1.82) is 0 Å². The molecule has 2 aliphatic carbocycles. The number of rotatable bonds is 4. The number of nitrogens with zero attached hydrogens (tertiary/aromatic N) is 1. The first-order chi connectivity index (χ1) is 14.1. The number of anilines is 2. The van der Waals surface area contributed by atoms with Gasteiger partial charge in [-0.1, -0.05) is 18.2 Å². The standard InChI is InChI=1S/C23H20N2O4/c1-29-18-4-2-3-16(12-18)24-21(26)13-7-9-17(10-8-13)25-22(27)19-14-5-6-15(11-14)20(19)23(25)28/h2-10,12,14-15,19-20H,11H2,1H3,(H,24,26). The van der Waals surface area contributed by atoms with Crippen LogP contribution >= 0.6 is 0 Å². The van der Waals surface area contributed by atoms with E-state index in [1.54, 1.807) is 55.6 Å². The van der Waals surface area contributed by atoms with Crippen LogP contribution in [0.2, 0.25) is 0 Å². The van der Waals surface area contributed by atoms with Crippen molar-refractivity contribution in [1.82, 2.24) is 0 Å². The number of benzene rings is 2. The average molecular weight is 388 g/mol. The van der Waals surface area contributed by atoms with Crippen molar-refractivity contribution < 1.29 is 19.1 Å². The van der Waals surface area contributed by atoms with Crippen molar-refractivity contribution in [2.45, 2.75) is 6.42 Å². The zero-order valence-corrected chi connectivity index (χ0v) is 15.9. The summed E-state index contributed by atoms with van der Waals surface area (Å²) in [5.74, 6) is 0.0397. The van der Waals surface area contributed by atoms with Crippen molar-refractivity contribution in [3.8, 4) is 5.75 Å². The van der Waals surface area contributed by atoms with Gasteiger partial charge < -0.3 is 10.1 Å². The molecule has 3 aliphatic rings. The van der Waals surface area contributed by atoms with Crippen molar-refractivity contribution >= 4 is 29.1 Å². The number of methoxy groups -OCH3 is 1. The third-order valence-electron chi connectivity index (χ3n) is 6.19. The van der Waals surface area contributed by atoms with Crippen LogP contribution in [0, 0.1) is 23.7 Å². The first-order valence-electron chi connectivity index (χ1n) is 9.68. The largest absolute Gasteiger partial charge is 0.497 e. The molecule has 5 rings (SSSR count). The summed E-state index contributed by atoms with van der Waals surface area (Å²) in [5.41, 5.74) is 1.59. The topological polar surface area (TPSA) is 75.7 Å². The summed E-state index contributed by atoms with van der Waals surface area (Å²) in [5, 5.41) is 2.82. The minimum absolute atomic E-state index is 0.120. The number of carbonyl (C=O) groups is 3. The Kier molecular flexibility index (Phi) is 4.01. The van der Waals surface area contributed by atoms with E-state index < -0.39 is 0 Å². The molecule has 1 saturated heterocycles. The zero-order chi connectivity index (χ0) is 20.1. The SMILES string of the molecule is COc1cccc(NC(=O)c2ccc(N3C(=O)C4C5C=CC(C5)C4C3=O)cc2)c1. The number of carbonyl (C=O) groups excluding carboxylic acids is 3. The van der Waals surface area contributed by atoms with Crippen molar-refractivity contribution in [2.24, 2.45) is 23.7 Å². The molecule has 2 aromatic rings. The maximum atomic E-state index is 12.9. The van der Waals surface area contributed by atoms with E-state index in [-0.39, 0.29) is 41.4 Å². The van der Waals surface area contributed by atoms with E-state index in [2.05, 4.69) is 17.5 Å². The predicted octanol–water partition coefficient (Wildman–Crippen LogP) is 3.26. The molecule has 0 radical (unpaired) electrons. The fourth-order valence-electron chi connectivity index (χ4n) is 4.82. The molecular weight excluding hydrogens is 368 g/mol. The summed E-state index contributed by atoms with van der Waals surface area (Å²) in [6.07, 6.45) is 5.06. The zero-order valence-electron chi connectivity index (χ0n) is 15.9. The number of nitrogens with one attached hydrogen (secondary N) is 1. The summed E-state index contributed by atoms with van der Waals surface area (Å²) >= 11 is 0. The van der Waals surface area contributed by atoms with Gasteiger partial charge in [0.2, 0.25) is 11.8 Å². The van der Waals surface area contributed by atoms with Gasteiger partial charge in [-0.3, -0.25) is 19.3 Å². The fourth-order valence-corrected chi connectivity index (χ4v) is 4.82. The molecule has 0 spiro atoms. The van der Waals surface area contributed by atoms with E-state index in [4.69, 9.17) is 4.74 Å². The Hall–Kier alpha value is -3.41. The highest BCUT2D eigenvalue weighted by molar-refractivity contribution is 6.23. The van der Waals surface area contributed by atoms with Gasteiger partial charge in [0.1, 0.15) is 5.75 Å². The Morgan fingerprint density at radius 2 is 1.66 bits per heavy atom. The van der Waals surface area contributed by atoms with Crippen LogP contribution < -0.4 is 15.0 Å². The van der Waals surface area contributed by atoms with Gasteiger partial charge in [-0.2, -0.15) is 0 Å². The lowest BCUT2D eigenvalue weighted by Gasteiger charge is -2.17. The number of amides is 3. The van der Waals surface area contributed by atoms with Crippen LogP contribution in [0.3, 0.4) is 0 Å². The molecule has 1 saturated carbocycles. The number of ether oxygens (including phenoxy) is 1. The quantitative estimate of drug-likeness (QED) is 0.644. The highest BCUT2D eigenvalue weighted by Gasteiger charge is 2.59. The Morgan fingerprint density at radius 1 is 1.00 bits per heavy atom. The molecule has 146 valence electrons. The highest BCUT2D eigenvalue weighted by Crippen LogP contribution is 2.53. The third kappa shape index (κ3) is 2.75. The minimum atomic E-state index is -0.275. The summed E-state index contributed by atoms with van der Waals surface area (Å²) in [6.45, 7) is 0. The number of fused-ring (bicyclic) bond motifs is 5. The molecular formula is C23H20N2O4. The normalized spacial score (nSPS) is 26.7.